The van der Waals surface area contributed by atoms with Crippen molar-refractivity contribution < 1.29 is 23.1 Å². The third-order valence-corrected chi connectivity index (χ3v) is 4.02. The fourth-order valence-corrected chi connectivity index (χ4v) is 2.73. The number of carbonyl (C=O) groups is 1. The second kappa shape index (κ2) is 7.35. The highest BCUT2D eigenvalue weighted by Crippen LogP contribution is 2.24. The maximum absolute atomic E-state index is 13.3. The van der Waals surface area contributed by atoms with Crippen molar-refractivity contribution in [2.45, 2.75) is 11.8 Å². The lowest BCUT2D eigenvalue weighted by atomic mass is 10.2. The van der Waals surface area contributed by atoms with E-state index in [1.54, 1.807) is 6.07 Å². The molecule has 0 saturated heterocycles. The van der Waals surface area contributed by atoms with Gasteiger partial charge in [-0.2, -0.15) is 0 Å². The first-order chi connectivity index (χ1) is 11.7. The molecule has 24 heavy (non-hydrogen) atoms. The number of aromatic nitrogens is 1. The average Bonchev–Trinajstić information content (AvgIpc) is 3.01. The lowest BCUT2D eigenvalue weighted by molar-refractivity contribution is -0.141. The summed E-state index contributed by atoms with van der Waals surface area (Å²) in [6.45, 7) is -0.0616. The molecule has 0 atom stereocenters. The van der Waals surface area contributed by atoms with Crippen molar-refractivity contribution in [3.05, 3.63) is 53.8 Å². The molecule has 0 bridgehead atoms. The molecule has 0 aliphatic carbocycles. The number of hydrogen-bond acceptors (Lipinski definition) is 6. The summed E-state index contributed by atoms with van der Waals surface area (Å²) in [5.41, 5.74) is 1.87. The Morgan fingerprint density at radius 2 is 2.12 bits per heavy atom. The molecule has 1 heterocycles. The lowest BCUT2D eigenvalue weighted by Gasteiger charge is -2.09. The summed E-state index contributed by atoms with van der Waals surface area (Å²) in [7, 11) is 1.47. The number of esters is 1. The minimum atomic E-state index is -0.450. The van der Waals surface area contributed by atoms with E-state index in [2.05, 4.69) is 4.98 Å². The van der Waals surface area contributed by atoms with Crippen LogP contribution in [0.2, 0.25) is 0 Å². The number of carbonyl (C=O) groups excluding carboxylic acids is 1. The van der Waals surface area contributed by atoms with Crippen LogP contribution < -0.4 is 4.74 Å². The number of benzene rings is 2. The molecule has 3 rings (SSSR count). The van der Waals surface area contributed by atoms with Crippen LogP contribution in [0.5, 0.6) is 5.75 Å². The van der Waals surface area contributed by atoms with Crippen molar-refractivity contribution in [2.75, 3.05) is 12.9 Å². The summed E-state index contributed by atoms with van der Waals surface area (Å²) in [4.78, 5) is 16.1. The van der Waals surface area contributed by atoms with Crippen LogP contribution in [0.1, 0.15) is 5.56 Å². The maximum Gasteiger partial charge on any atom is 0.316 e. The van der Waals surface area contributed by atoms with E-state index < -0.39 is 11.8 Å². The van der Waals surface area contributed by atoms with Gasteiger partial charge in [0.25, 0.3) is 5.22 Å². The fraction of sp³-hybridized carbons (Fsp3) is 0.176. The molecule has 5 nitrogen and oxygen atoms in total. The number of ether oxygens (including phenoxy) is 2. The molecular formula is C17H14FNO4S. The molecule has 0 spiro atoms. The number of nitrogens with zero attached hydrogens (tertiary/aromatic N) is 1. The third-order valence-electron chi connectivity index (χ3n) is 3.22. The smallest absolute Gasteiger partial charge is 0.316 e. The fourth-order valence-electron chi connectivity index (χ4n) is 2.09. The molecule has 0 aliphatic rings. The minimum absolute atomic E-state index is 0.0461. The highest BCUT2D eigenvalue weighted by molar-refractivity contribution is 7.99. The van der Waals surface area contributed by atoms with Gasteiger partial charge in [-0.1, -0.05) is 23.9 Å². The van der Waals surface area contributed by atoms with Gasteiger partial charge in [0.1, 0.15) is 29.4 Å². The van der Waals surface area contributed by atoms with Crippen LogP contribution >= 0.6 is 11.8 Å². The van der Waals surface area contributed by atoms with E-state index in [0.29, 0.717) is 22.1 Å². The summed E-state index contributed by atoms with van der Waals surface area (Å²) in [6, 6.07) is 11.4. The first kappa shape index (κ1) is 16.3. The lowest BCUT2D eigenvalue weighted by Crippen LogP contribution is -2.08. The number of hydrogen-bond donors (Lipinski definition) is 0. The first-order valence-electron chi connectivity index (χ1n) is 7.12. The average molecular weight is 347 g/mol. The van der Waals surface area contributed by atoms with Crippen molar-refractivity contribution in [1.29, 1.82) is 0 Å². The normalized spacial score (nSPS) is 10.8. The van der Waals surface area contributed by atoms with E-state index in [1.165, 1.54) is 25.3 Å². The Balaban J connectivity index is 1.55. The van der Waals surface area contributed by atoms with Gasteiger partial charge >= 0.3 is 5.97 Å². The van der Waals surface area contributed by atoms with Crippen LogP contribution in [0.3, 0.4) is 0 Å². The molecule has 1 aromatic heterocycles. The van der Waals surface area contributed by atoms with Crippen molar-refractivity contribution in [1.82, 2.24) is 4.98 Å². The zero-order chi connectivity index (χ0) is 16.9. The summed E-state index contributed by atoms with van der Waals surface area (Å²) in [5, 5.41) is 0.400. The topological polar surface area (TPSA) is 61.6 Å². The summed E-state index contributed by atoms with van der Waals surface area (Å²) < 4.78 is 29.0. The largest absolute Gasteiger partial charge is 0.496 e. The summed E-state index contributed by atoms with van der Waals surface area (Å²) >= 11 is 1.14. The number of oxazole rings is 1. The molecule has 0 amide bonds. The standard InChI is InChI=1S/C17H14FNO4S/c1-21-14-7-6-12(18)8-11(14)9-22-16(20)10-24-17-19-13-4-2-3-5-15(13)23-17/h2-8H,9-10H2,1H3. The predicted octanol–water partition coefficient (Wildman–Crippen LogP) is 3.81. The molecule has 7 heteroatoms. The van der Waals surface area contributed by atoms with Crippen molar-refractivity contribution >= 4 is 28.8 Å². The Kier molecular flexibility index (Phi) is 5.00. The second-order valence-corrected chi connectivity index (χ2v) is 5.78. The quantitative estimate of drug-likeness (QED) is 0.499. The monoisotopic (exact) mass is 347 g/mol. The SMILES string of the molecule is COc1ccc(F)cc1COC(=O)CSc1nc2ccccc2o1. The van der Waals surface area contributed by atoms with Crippen LogP contribution in [-0.4, -0.2) is 23.8 Å². The van der Waals surface area contributed by atoms with Gasteiger partial charge in [-0.05, 0) is 30.3 Å². The zero-order valence-electron chi connectivity index (χ0n) is 12.8. The van der Waals surface area contributed by atoms with Gasteiger partial charge in [0.2, 0.25) is 0 Å². The maximum atomic E-state index is 13.3. The van der Waals surface area contributed by atoms with Crippen LogP contribution in [0.25, 0.3) is 11.1 Å². The van der Waals surface area contributed by atoms with Gasteiger partial charge in [-0.25, -0.2) is 9.37 Å². The molecule has 0 N–H and O–H groups in total. The van der Waals surface area contributed by atoms with E-state index >= 15 is 0 Å². The molecule has 0 unspecified atom stereocenters. The summed E-state index contributed by atoms with van der Waals surface area (Å²) in [5.74, 6) is -0.350. The molecule has 124 valence electrons. The van der Waals surface area contributed by atoms with E-state index in [9.17, 15) is 9.18 Å². The van der Waals surface area contributed by atoms with Crippen LogP contribution in [-0.2, 0) is 16.1 Å². The molecule has 0 fully saturated rings. The molecule has 0 radical (unpaired) electrons. The van der Waals surface area contributed by atoms with Gasteiger partial charge in [-0.15, -0.1) is 0 Å². The number of fused-ring (bicyclic) bond motifs is 1. The van der Waals surface area contributed by atoms with Crippen molar-refractivity contribution in [3.8, 4) is 5.75 Å². The van der Waals surface area contributed by atoms with Gasteiger partial charge in [-0.3, -0.25) is 4.79 Å². The Morgan fingerprint density at radius 3 is 2.92 bits per heavy atom. The minimum Gasteiger partial charge on any atom is -0.496 e. The molecular weight excluding hydrogens is 333 g/mol. The Bertz CT molecular complexity index is 832. The number of para-hydroxylation sites is 2. The van der Waals surface area contributed by atoms with Gasteiger partial charge < -0.3 is 13.9 Å². The highest BCUT2D eigenvalue weighted by atomic mass is 32.2. The zero-order valence-corrected chi connectivity index (χ0v) is 13.6. The molecule has 2 aromatic carbocycles. The second-order valence-electron chi connectivity index (χ2n) is 4.85. The van der Waals surface area contributed by atoms with E-state index in [0.717, 1.165) is 17.3 Å². The van der Waals surface area contributed by atoms with Crippen LogP contribution in [0, 0.1) is 5.82 Å². The summed E-state index contributed by atoms with van der Waals surface area (Å²) in [6.07, 6.45) is 0. The number of thioether (sulfide) groups is 1. The molecule has 0 aliphatic heterocycles. The Labute approximate surface area is 141 Å². The van der Waals surface area contributed by atoms with E-state index in [1.807, 2.05) is 18.2 Å². The number of methoxy groups -OCH3 is 1. The first-order valence-corrected chi connectivity index (χ1v) is 8.10. The van der Waals surface area contributed by atoms with Crippen molar-refractivity contribution in [3.63, 3.8) is 0 Å². The molecule has 0 saturated carbocycles. The highest BCUT2D eigenvalue weighted by Gasteiger charge is 2.12. The van der Waals surface area contributed by atoms with Gasteiger partial charge in [0.15, 0.2) is 5.58 Å². The Hall–Kier alpha value is -2.54. The third kappa shape index (κ3) is 3.86. The van der Waals surface area contributed by atoms with E-state index in [4.69, 9.17) is 13.9 Å². The molecule has 3 aromatic rings. The number of rotatable bonds is 6. The number of halogens is 1. The van der Waals surface area contributed by atoms with E-state index in [-0.39, 0.29) is 12.4 Å². The van der Waals surface area contributed by atoms with Gasteiger partial charge in [0.05, 0.1) is 7.11 Å². The van der Waals surface area contributed by atoms with Crippen molar-refractivity contribution in [2.24, 2.45) is 0 Å². The van der Waals surface area contributed by atoms with Crippen LogP contribution in [0.4, 0.5) is 4.39 Å². The Morgan fingerprint density at radius 1 is 1.29 bits per heavy atom. The predicted molar refractivity (Wildman–Crippen MR) is 87.5 cm³/mol. The van der Waals surface area contributed by atoms with Gasteiger partial charge in [0, 0.05) is 5.56 Å². The van der Waals surface area contributed by atoms with Crippen LogP contribution in [0.15, 0.2) is 52.1 Å².